The van der Waals surface area contributed by atoms with Gasteiger partial charge in [0.25, 0.3) is 0 Å². The van der Waals surface area contributed by atoms with Crippen molar-refractivity contribution in [3.05, 3.63) is 36.5 Å². The fourth-order valence-electron chi connectivity index (χ4n) is 0.856. The summed E-state index contributed by atoms with van der Waals surface area (Å²) in [6.07, 6.45) is 9.30. The van der Waals surface area contributed by atoms with Gasteiger partial charge in [0, 0.05) is 6.54 Å². The van der Waals surface area contributed by atoms with Crippen LogP contribution in [0, 0.1) is 0 Å². The van der Waals surface area contributed by atoms with Crippen LogP contribution < -0.4 is 5.32 Å². The lowest BCUT2D eigenvalue weighted by Crippen LogP contribution is -2.14. The van der Waals surface area contributed by atoms with Crippen molar-refractivity contribution >= 4 is 0 Å². The highest BCUT2D eigenvalue weighted by Crippen LogP contribution is 1.99. The van der Waals surface area contributed by atoms with Crippen molar-refractivity contribution in [3.63, 3.8) is 0 Å². The van der Waals surface area contributed by atoms with Crippen molar-refractivity contribution in [2.24, 2.45) is 0 Å². The van der Waals surface area contributed by atoms with Crippen LogP contribution in [0.15, 0.2) is 36.5 Å². The molecule has 0 saturated carbocycles. The number of hydrogen-bond donors (Lipinski definition) is 1. The molecule has 0 aromatic rings. The quantitative estimate of drug-likeness (QED) is 0.532. The Kier molecular flexibility index (Phi) is 2.97. The maximum Gasteiger partial charge on any atom is 0.0138 e. The van der Waals surface area contributed by atoms with Crippen LogP contribution in [0.5, 0.6) is 0 Å². The first kappa shape index (κ1) is 7.29. The molecular weight excluding hydrogens is 122 g/mol. The van der Waals surface area contributed by atoms with Gasteiger partial charge in [-0.15, -0.1) is 0 Å². The summed E-state index contributed by atoms with van der Waals surface area (Å²) in [7, 11) is 0. The first-order valence-corrected chi connectivity index (χ1v) is 3.61. The van der Waals surface area contributed by atoms with E-state index in [1.165, 1.54) is 5.57 Å². The number of hydrogen-bond acceptors (Lipinski definition) is 1. The second-order valence-corrected chi connectivity index (χ2v) is 2.40. The van der Waals surface area contributed by atoms with Crippen LogP contribution in [0.2, 0.25) is 0 Å². The van der Waals surface area contributed by atoms with Crippen molar-refractivity contribution < 1.29 is 0 Å². The molecule has 1 N–H and O–H groups in total. The maximum atomic E-state index is 3.90. The molecule has 0 saturated heterocycles. The summed E-state index contributed by atoms with van der Waals surface area (Å²) in [6, 6.07) is 0. The zero-order chi connectivity index (χ0) is 7.23. The largest absolute Gasteiger partial charge is 0.313 e. The van der Waals surface area contributed by atoms with Gasteiger partial charge in [-0.2, -0.15) is 0 Å². The van der Waals surface area contributed by atoms with E-state index in [1.54, 1.807) is 0 Å². The molecule has 1 aliphatic rings. The van der Waals surface area contributed by atoms with E-state index in [1.807, 2.05) is 12.2 Å². The van der Waals surface area contributed by atoms with E-state index in [2.05, 4.69) is 24.0 Å². The van der Waals surface area contributed by atoms with Crippen LogP contribution in [0.25, 0.3) is 0 Å². The fraction of sp³-hybridized carbons (Fsp3) is 0.333. The Hall–Kier alpha value is -0.820. The predicted octanol–water partition coefficient (Wildman–Crippen LogP) is 1.65. The first-order valence-electron chi connectivity index (χ1n) is 3.61. The average molecular weight is 135 g/mol. The topological polar surface area (TPSA) is 12.0 Å². The summed E-state index contributed by atoms with van der Waals surface area (Å²) < 4.78 is 0. The molecule has 0 bridgehead atoms. The smallest absolute Gasteiger partial charge is 0.0138 e. The second kappa shape index (κ2) is 4.07. The lowest BCUT2D eigenvalue weighted by molar-refractivity contribution is 0.749. The minimum absolute atomic E-state index is 0.970. The Labute approximate surface area is 62.1 Å². The molecule has 1 nitrogen and oxygen atoms in total. The van der Waals surface area contributed by atoms with Crippen molar-refractivity contribution in [2.75, 3.05) is 13.1 Å². The number of rotatable bonds is 0. The van der Waals surface area contributed by atoms with Crippen LogP contribution in [0.1, 0.15) is 6.42 Å². The first-order chi connectivity index (χ1) is 4.89. The van der Waals surface area contributed by atoms with Crippen LogP contribution in [-0.2, 0) is 0 Å². The highest BCUT2D eigenvalue weighted by atomic mass is 14.8. The summed E-state index contributed by atoms with van der Waals surface area (Å²) in [5, 5.41) is 3.27. The molecule has 0 radical (unpaired) electrons. The molecule has 54 valence electrons. The minimum Gasteiger partial charge on any atom is -0.313 e. The van der Waals surface area contributed by atoms with E-state index >= 15 is 0 Å². The van der Waals surface area contributed by atoms with Crippen LogP contribution in [0.3, 0.4) is 0 Å². The van der Waals surface area contributed by atoms with E-state index in [4.69, 9.17) is 0 Å². The van der Waals surface area contributed by atoms with Gasteiger partial charge in [0.15, 0.2) is 0 Å². The molecule has 1 heterocycles. The Bertz CT molecular complexity index is 166. The molecule has 1 rings (SSSR count). The van der Waals surface area contributed by atoms with Crippen molar-refractivity contribution in [2.45, 2.75) is 6.42 Å². The van der Waals surface area contributed by atoms with Crippen molar-refractivity contribution in [1.29, 1.82) is 0 Å². The molecule has 0 aromatic heterocycles. The molecule has 0 aliphatic carbocycles. The summed E-state index contributed by atoms with van der Waals surface area (Å²) in [6.45, 7) is 5.90. The SMILES string of the molecule is C=C1/C=C\C=C/CNCC1. The summed E-state index contributed by atoms with van der Waals surface area (Å²) in [5.74, 6) is 0. The maximum absolute atomic E-state index is 3.90. The average Bonchev–Trinajstić information content (AvgIpc) is 2.02. The number of nitrogens with one attached hydrogen (secondary N) is 1. The van der Waals surface area contributed by atoms with Gasteiger partial charge < -0.3 is 5.32 Å². The molecule has 10 heavy (non-hydrogen) atoms. The normalized spacial score (nSPS) is 26.2. The predicted molar refractivity (Wildman–Crippen MR) is 44.9 cm³/mol. The summed E-state index contributed by atoms with van der Waals surface area (Å²) in [4.78, 5) is 0. The standard InChI is InChI=1S/C9H13N/c1-9-5-3-2-4-7-10-8-6-9/h2-5,10H,1,6-8H2/b4-2-,5-3-. The van der Waals surface area contributed by atoms with Gasteiger partial charge in [-0.25, -0.2) is 0 Å². The van der Waals surface area contributed by atoms with Crippen LogP contribution >= 0.6 is 0 Å². The lowest BCUT2D eigenvalue weighted by atomic mass is 10.2. The van der Waals surface area contributed by atoms with Gasteiger partial charge in [-0.05, 0) is 13.0 Å². The molecule has 0 unspecified atom stereocenters. The Morgan fingerprint density at radius 1 is 1.40 bits per heavy atom. The monoisotopic (exact) mass is 135 g/mol. The lowest BCUT2D eigenvalue weighted by Gasteiger charge is -1.98. The third-order valence-corrected chi connectivity index (χ3v) is 1.46. The van der Waals surface area contributed by atoms with Gasteiger partial charge >= 0.3 is 0 Å². The van der Waals surface area contributed by atoms with E-state index in [-0.39, 0.29) is 0 Å². The van der Waals surface area contributed by atoms with Gasteiger partial charge in [-0.1, -0.05) is 36.5 Å². The highest BCUT2D eigenvalue weighted by molar-refractivity contribution is 5.20. The van der Waals surface area contributed by atoms with Gasteiger partial charge in [0.1, 0.15) is 0 Å². The Balaban J connectivity index is 2.48. The van der Waals surface area contributed by atoms with Crippen LogP contribution in [-0.4, -0.2) is 13.1 Å². The Morgan fingerprint density at radius 2 is 2.30 bits per heavy atom. The summed E-state index contributed by atoms with van der Waals surface area (Å²) >= 11 is 0. The number of allylic oxidation sites excluding steroid dienone is 3. The molecule has 0 atom stereocenters. The van der Waals surface area contributed by atoms with Crippen molar-refractivity contribution in [3.8, 4) is 0 Å². The van der Waals surface area contributed by atoms with E-state index < -0.39 is 0 Å². The van der Waals surface area contributed by atoms with E-state index in [9.17, 15) is 0 Å². The third-order valence-electron chi connectivity index (χ3n) is 1.46. The fourth-order valence-corrected chi connectivity index (χ4v) is 0.856. The Morgan fingerprint density at radius 3 is 3.20 bits per heavy atom. The van der Waals surface area contributed by atoms with E-state index in [0.717, 1.165) is 19.5 Å². The molecule has 1 aliphatic heterocycles. The van der Waals surface area contributed by atoms with Gasteiger partial charge in [0.2, 0.25) is 0 Å². The van der Waals surface area contributed by atoms with Gasteiger partial charge in [-0.3, -0.25) is 0 Å². The highest BCUT2D eigenvalue weighted by Gasteiger charge is 1.89. The molecule has 0 aromatic carbocycles. The minimum atomic E-state index is 0.970. The molecule has 0 spiro atoms. The summed E-state index contributed by atoms with van der Waals surface area (Å²) in [5.41, 5.74) is 1.19. The zero-order valence-electron chi connectivity index (χ0n) is 6.14. The molecule has 1 heteroatoms. The second-order valence-electron chi connectivity index (χ2n) is 2.40. The van der Waals surface area contributed by atoms with Crippen molar-refractivity contribution in [1.82, 2.24) is 5.32 Å². The van der Waals surface area contributed by atoms with Gasteiger partial charge in [0.05, 0.1) is 0 Å². The zero-order valence-corrected chi connectivity index (χ0v) is 6.14. The molecular formula is C9H13N. The van der Waals surface area contributed by atoms with E-state index in [0.29, 0.717) is 0 Å². The third kappa shape index (κ3) is 2.65. The molecule has 0 fully saturated rings. The van der Waals surface area contributed by atoms with Crippen LogP contribution in [0.4, 0.5) is 0 Å². The molecule has 0 amide bonds.